The fourth-order valence-corrected chi connectivity index (χ4v) is 3.23. The molecular weight excluding hydrogens is 314 g/mol. The first-order chi connectivity index (χ1) is 12.0. The molecule has 2 amide bonds. The first-order valence-electron chi connectivity index (χ1n) is 8.65. The van der Waals surface area contributed by atoms with Gasteiger partial charge < -0.3 is 11.1 Å². The number of benzene rings is 1. The van der Waals surface area contributed by atoms with E-state index in [9.17, 15) is 9.59 Å². The van der Waals surface area contributed by atoms with Gasteiger partial charge >= 0.3 is 0 Å². The van der Waals surface area contributed by atoms with Crippen molar-refractivity contribution in [1.29, 1.82) is 0 Å². The van der Waals surface area contributed by atoms with E-state index < -0.39 is 5.91 Å². The van der Waals surface area contributed by atoms with Crippen LogP contribution in [-0.2, 0) is 6.42 Å². The van der Waals surface area contributed by atoms with Crippen molar-refractivity contribution in [2.24, 2.45) is 5.73 Å². The van der Waals surface area contributed by atoms with Crippen LogP contribution in [-0.4, -0.2) is 16.8 Å². The van der Waals surface area contributed by atoms with Gasteiger partial charge in [-0.15, -0.1) is 0 Å². The number of aryl methyl sites for hydroxylation is 1. The summed E-state index contributed by atoms with van der Waals surface area (Å²) < 4.78 is 0. The molecule has 1 aromatic heterocycles. The van der Waals surface area contributed by atoms with E-state index in [-0.39, 0.29) is 17.6 Å². The van der Waals surface area contributed by atoms with Crippen LogP contribution in [0.5, 0.6) is 0 Å². The summed E-state index contributed by atoms with van der Waals surface area (Å²) in [4.78, 5) is 27.7. The Balaban J connectivity index is 1.80. The van der Waals surface area contributed by atoms with E-state index in [1.807, 2.05) is 0 Å². The predicted octanol–water partition coefficient (Wildman–Crippen LogP) is 3.11. The van der Waals surface area contributed by atoms with Crippen molar-refractivity contribution in [3.63, 3.8) is 0 Å². The lowest BCUT2D eigenvalue weighted by Crippen LogP contribution is -2.31. The quantitative estimate of drug-likeness (QED) is 0.899. The van der Waals surface area contributed by atoms with Crippen molar-refractivity contribution in [2.75, 3.05) is 0 Å². The molecule has 0 spiro atoms. The molecule has 1 aromatic carbocycles. The zero-order chi connectivity index (χ0) is 18.0. The number of amides is 2. The van der Waals surface area contributed by atoms with E-state index in [2.05, 4.69) is 42.3 Å². The van der Waals surface area contributed by atoms with Gasteiger partial charge in [0.2, 0.25) is 5.91 Å². The van der Waals surface area contributed by atoms with Gasteiger partial charge in [0.15, 0.2) is 0 Å². The number of fused-ring (bicyclic) bond motifs is 1. The highest BCUT2D eigenvalue weighted by Gasteiger charge is 2.23. The highest BCUT2D eigenvalue weighted by Crippen LogP contribution is 2.32. The third kappa shape index (κ3) is 3.71. The topological polar surface area (TPSA) is 85.1 Å². The maximum atomic E-state index is 12.5. The van der Waals surface area contributed by atoms with Gasteiger partial charge in [-0.1, -0.05) is 32.0 Å². The van der Waals surface area contributed by atoms with E-state index in [0.29, 0.717) is 11.5 Å². The molecule has 0 fully saturated rings. The van der Waals surface area contributed by atoms with E-state index in [4.69, 9.17) is 5.73 Å². The van der Waals surface area contributed by atoms with Gasteiger partial charge in [-0.3, -0.25) is 14.6 Å². The average molecular weight is 337 g/mol. The molecule has 0 saturated carbocycles. The number of nitrogens with one attached hydrogen (secondary N) is 1. The molecule has 0 bridgehead atoms. The fourth-order valence-electron chi connectivity index (χ4n) is 3.23. The van der Waals surface area contributed by atoms with Crippen molar-refractivity contribution in [3.05, 3.63) is 64.5 Å². The van der Waals surface area contributed by atoms with Crippen LogP contribution < -0.4 is 11.1 Å². The van der Waals surface area contributed by atoms with Gasteiger partial charge in [0.1, 0.15) is 5.69 Å². The SMILES string of the molecule is CC(C)c1ccc2c(c1)[C@H](NC(=O)c1ccc(C(N)=O)cn1)CCC2. The first-order valence-corrected chi connectivity index (χ1v) is 8.65. The summed E-state index contributed by atoms with van der Waals surface area (Å²) in [5.41, 5.74) is 9.58. The number of hydrogen-bond donors (Lipinski definition) is 2. The highest BCUT2D eigenvalue weighted by molar-refractivity contribution is 5.95. The summed E-state index contributed by atoms with van der Waals surface area (Å²) in [5, 5.41) is 3.09. The number of carbonyl (C=O) groups is 2. The molecule has 1 heterocycles. The fraction of sp³-hybridized carbons (Fsp3) is 0.350. The lowest BCUT2D eigenvalue weighted by Gasteiger charge is -2.27. The van der Waals surface area contributed by atoms with Gasteiger partial charge in [-0.05, 0) is 54.0 Å². The van der Waals surface area contributed by atoms with Gasteiger partial charge in [-0.25, -0.2) is 0 Å². The molecule has 0 saturated heterocycles. The normalized spacial score (nSPS) is 16.4. The van der Waals surface area contributed by atoms with Crippen LogP contribution in [0.1, 0.15) is 76.2 Å². The Morgan fingerprint density at radius 1 is 1.24 bits per heavy atom. The minimum Gasteiger partial charge on any atom is -0.366 e. The van der Waals surface area contributed by atoms with Gasteiger partial charge in [0.25, 0.3) is 5.91 Å². The molecule has 5 heteroatoms. The second-order valence-electron chi connectivity index (χ2n) is 6.83. The highest BCUT2D eigenvalue weighted by atomic mass is 16.2. The lowest BCUT2D eigenvalue weighted by molar-refractivity contribution is 0.0925. The molecule has 5 nitrogen and oxygen atoms in total. The van der Waals surface area contributed by atoms with Crippen molar-refractivity contribution in [2.45, 2.75) is 45.1 Å². The van der Waals surface area contributed by atoms with Crippen molar-refractivity contribution < 1.29 is 9.59 Å². The molecular formula is C20H23N3O2. The van der Waals surface area contributed by atoms with Crippen molar-refractivity contribution in [3.8, 4) is 0 Å². The summed E-state index contributed by atoms with van der Waals surface area (Å²) in [6, 6.07) is 9.63. The molecule has 130 valence electrons. The summed E-state index contributed by atoms with van der Waals surface area (Å²) in [7, 11) is 0. The van der Waals surface area contributed by atoms with Crippen LogP contribution in [0.4, 0.5) is 0 Å². The number of aromatic nitrogens is 1. The molecule has 1 aliphatic rings. The van der Waals surface area contributed by atoms with Crippen LogP contribution in [0, 0.1) is 0 Å². The molecule has 0 radical (unpaired) electrons. The summed E-state index contributed by atoms with van der Waals surface area (Å²) in [5.74, 6) is -0.336. The second-order valence-corrected chi connectivity index (χ2v) is 6.83. The van der Waals surface area contributed by atoms with Crippen LogP contribution in [0.2, 0.25) is 0 Å². The molecule has 3 N–H and O–H groups in total. The number of pyridine rings is 1. The molecule has 0 aliphatic heterocycles. The molecule has 3 rings (SSSR count). The predicted molar refractivity (Wildman–Crippen MR) is 96.4 cm³/mol. The largest absolute Gasteiger partial charge is 0.366 e. The van der Waals surface area contributed by atoms with Crippen molar-refractivity contribution >= 4 is 11.8 Å². The molecule has 1 atom stereocenters. The summed E-state index contributed by atoms with van der Waals surface area (Å²) >= 11 is 0. The number of hydrogen-bond acceptors (Lipinski definition) is 3. The van der Waals surface area contributed by atoms with Gasteiger partial charge in [0.05, 0.1) is 11.6 Å². The van der Waals surface area contributed by atoms with E-state index in [1.54, 1.807) is 0 Å². The van der Waals surface area contributed by atoms with Crippen molar-refractivity contribution in [1.82, 2.24) is 10.3 Å². The summed E-state index contributed by atoms with van der Waals surface area (Å²) in [6.45, 7) is 4.34. The van der Waals surface area contributed by atoms with Gasteiger partial charge in [-0.2, -0.15) is 0 Å². The lowest BCUT2D eigenvalue weighted by atomic mass is 9.85. The van der Waals surface area contributed by atoms with Crippen LogP contribution in [0.15, 0.2) is 36.5 Å². The van der Waals surface area contributed by atoms with E-state index in [0.717, 1.165) is 19.3 Å². The number of rotatable bonds is 4. The Hall–Kier alpha value is -2.69. The Bertz CT molecular complexity index is 797. The smallest absolute Gasteiger partial charge is 0.270 e. The number of nitrogens with two attached hydrogens (primary N) is 1. The molecule has 1 aliphatic carbocycles. The minimum atomic E-state index is -0.554. The molecule has 2 aromatic rings. The number of carbonyl (C=O) groups excluding carboxylic acids is 2. The zero-order valence-electron chi connectivity index (χ0n) is 14.6. The first kappa shape index (κ1) is 17.1. The average Bonchev–Trinajstić information content (AvgIpc) is 2.61. The van der Waals surface area contributed by atoms with Crippen LogP contribution in [0.3, 0.4) is 0 Å². The third-order valence-corrected chi connectivity index (χ3v) is 4.74. The van der Waals surface area contributed by atoms with Crippen LogP contribution >= 0.6 is 0 Å². The Morgan fingerprint density at radius 2 is 2.04 bits per heavy atom. The van der Waals surface area contributed by atoms with Crippen LogP contribution in [0.25, 0.3) is 0 Å². The summed E-state index contributed by atoms with van der Waals surface area (Å²) in [6.07, 6.45) is 4.35. The second kappa shape index (κ2) is 7.05. The molecule has 0 unspecified atom stereocenters. The maximum Gasteiger partial charge on any atom is 0.270 e. The number of nitrogens with zero attached hydrogens (tertiary/aromatic N) is 1. The standard InChI is InChI=1S/C20H23N3O2/c1-12(2)14-7-6-13-4-3-5-17(16(13)10-14)23-20(25)18-9-8-15(11-22-18)19(21)24/h6-12,17H,3-5H2,1-2H3,(H2,21,24)(H,23,25)/t17-/m1/s1. The Morgan fingerprint density at radius 3 is 2.68 bits per heavy atom. The third-order valence-electron chi connectivity index (χ3n) is 4.74. The number of primary amides is 1. The Kier molecular flexibility index (Phi) is 4.83. The zero-order valence-corrected chi connectivity index (χ0v) is 14.6. The minimum absolute atomic E-state index is 0.00688. The van der Waals surface area contributed by atoms with E-state index in [1.165, 1.54) is 35.0 Å². The Labute approximate surface area is 147 Å². The van der Waals surface area contributed by atoms with Gasteiger partial charge in [0, 0.05) is 6.20 Å². The van der Waals surface area contributed by atoms with E-state index >= 15 is 0 Å². The molecule has 25 heavy (non-hydrogen) atoms. The monoisotopic (exact) mass is 337 g/mol. The maximum absolute atomic E-state index is 12.5.